The Hall–Kier alpha value is -1.95. The molecule has 1 amide bonds. The lowest BCUT2D eigenvalue weighted by molar-refractivity contribution is -0.125. The number of amides is 1. The molecule has 6 heteroatoms. The number of carbonyl (C=O) groups is 1. The van der Waals surface area contributed by atoms with Gasteiger partial charge >= 0.3 is 0 Å². The Kier molecular flexibility index (Phi) is 4.94. The van der Waals surface area contributed by atoms with Crippen LogP contribution in [0.5, 0.6) is 0 Å². The molecule has 0 saturated carbocycles. The van der Waals surface area contributed by atoms with Crippen LogP contribution in [0.1, 0.15) is 18.4 Å². The summed E-state index contributed by atoms with van der Waals surface area (Å²) in [5, 5.41) is 4.50. The van der Waals surface area contributed by atoms with Gasteiger partial charge in [0.05, 0.1) is 21.3 Å². The van der Waals surface area contributed by atoms with Gasteiger partial charge < -0.3 is 5.32 Å². The van der Waals surface area contributed by atoms with Gasteiger partial charge in [-0.3, -0.25) is 9.69 Å². The first-order chi connectivity index (χ1) is 12.7. The molecule has 0 aliphatic carbocycles. The first kappa shape index (κ1) is 17.5. The Bertz CT molecular complexity index is 938. The summed E-state index contributed by atoms with van der Waals surface area (Å²) in [6.07, 6.45) is 2.01. The number of nitrogens with one attached hydrogen (secondary N) is 1. The van der Waals surface area contributed by atoms with E-state index in [2.05, 4.69) is 34.5 Å². The molecule has 1 atom stereocenters. The number of likely N-dealkylation sites (N-methyl/N-ethyl adjacent to an activating group) is 1. The van der Waals surface area contributed by atoms with E-state index < -0.39 is 0 Å². The Morgan fingerprint density at radius 2 is 2.12 bits per heavy atom. The van der Waals surface area contributed by atoms with E-state index in [-0.39, 0.29) is 11.9 Å². The van der Waals surface area contributed by atoms with Crippen molar-refractivity contribution in [2.45, 2.75) is 25.4 Å². The average molecular weight is 386 g/mol. The third-order valence-electron chi connectivity index (χ3n) is 4.87. The number of likely N-dealkylation sites (tertiary alicyclic amines) is 1. The normalized spacial score (nSPS) is 17.7. The van der Waals surface area contributed by atoms with E-state index in [1.165, 1.54) is 5.56 Å². The molecule has 3 aromatic rings. The fraction of sp³-hybridized carbons (Fsp3) is 0.300. The van der Waals surface area contributed by atoms with E-state index in [1.54, 1.807) is 18.4 Å². The van der Waals surface area contributed by atoms with Gasteiger partial charge in [0.2, 0.25) is 5.91 Å². The van der Waals surface area contributed by atoms with Crippen LogP contribution in [-0.4, -0.2) is 35.4 Å². The SMILES string of the molecule is CNC(=O)[C@@H]1CCCN1Cc1ccc(-c2nc3cccc(Cl)c3s2)cc1. The lowest BCUT2D eigenvalue weighted by Crippen LogP contribution is -2.41. The van der Waals surface area contributed by atoms with Crippen LogP contribution in [0.3, 0.4) is 0 Å². The molecule has 26 heavy (non-hydrogen) atoms. The van der Waals surface area contributed by atoms with Crippen LogP contribution in [0.25, 0.3) is 20.8 Å². The molecule has 2 heterocycles. The predicted molar refractivity (Wildman–Crippen MR) is 108 cm³/mol. The third-order valence-corrected chi connectivity index (χ3v) is 6.45. The zero-order valence-corrected chi connectivity index (χ0v) is 16.1. The summed E-state index contributed by atoms with van der Waals surface area (Å²) in [5.41, 5.74) is 3.24. The van der Waals surface area contributed by atoms with Gasteiger partial charge in [-0.1, -0.05) is 41.9 Å². The highest BCUT2D eigenvalue weighted by atomic mass is 35.5. The van der Waals surface area contributed by atoms with Gasteiger partial charge in [-0.2, -0.15) is 0 Å². The van der Waals surface area contributed by atoms with Crippen molar-refractivity contribution in [3.05, 3.63) is 53.1 Å². The van der Waals surface area contributed by atoms with E-state index in [0.29, 0.717) is 0 Å². The molecule has 0 radical (unpaired) electrons. The Labute approximate surface area is 161 Å². The van der Waals surface area contributed by atoms with Crippen LogP contribution in [0.15, 0.2) is 42.5 Å². The van der Waals surface area contributed by atoms with E-state index in [4.69, 9.17) is 16.6 Å². The summed E-state index contributed by atoms with van der Waals surface area (Å²) in [5.74, 6) is 0.116. The van der Waals surface area contributed by atoms with E-state index >= 15 is 0 Å². The third kappa shape index (κ3) is 3.34. The van der Waals surface area contributed by atoms with E-state index in [1.807, 2.05) is 18.2 Å². The van der Waals surface area contributed by atoms with E-state index in [9.17, 15) is 4.79 Å². The maximum absolute atomic E-state index is 12.0. The molecule has 134 valence electrons. The van der Waals surface area contributed by atoms with Crippen molar-refractivity contribution in [3.63, 3.8) is 0 Å². The van der Waals surface area contributed by atoms with Crippen LogP contribution < -0.4 is 5.32 Å². The maximum atomic E-state index is 12.0. The highest BCUT2D eigenvalue weighted by molar-refractivity contribution is 7.22. The second-order valence-corrected chi connectivity index (χ2v) is 7.95. The summed E-state index contributed by atoms with van der Waals surface area (Å²) in [6.45, 7) is 1.76. The highest BCUT2D eigenvalue weighted by Crippen LogP contribution is 2.34. The number of carbonyl (C=O) groups excluding carboxylic acids is 1. The van der Waals surface area contributed by atoms with Crippen LogP contribution in [0.2, 0.25) is 5.02 Å². The van der Waals surface area contributed by atoms with Crippen molar-refractivity contribution in [2.24, 2.45) is 0 Å². The van der Waals surface area contributed by atoms with Crippen molar-refractivity contribution in [1.29, 1.82) is 0 Å². The maximum Gasteiger partial charge on any atom is 0.237 e. The standard InChI is InChI=1S/C20H20ClN3OS/c1-22-19(25)17-6-3-11-24(17)12-13-7-9-14(10-8-13)20-23-16-5-2-4-15(21)18(16)26-20/h2,4-5,7-10,17H,3,6,11-12H2,1H3,(H,22,25)/t17-/m0/s1. The predicted octanol–water partition coefficient (Wildman–Crippen LogP) is 4.33. The minimum Gasteiger partial charge on any atom is -0.358 e. The van der Waals surface area contributed by atoms with Crippen molar-refractivity contribution in [2.75, 3.05) is 13.6 Å². The minimum absolute atomic E-state index is 0.00826. The highest BCUT2D eigenvalue weighted by Gasteiger charge is 2.29. The first-order valence-corrected chi connectivity index (χ1v) is 9.95. The monoisotopic (exact) mass is 385 g/mol. The fourth-order valence-corrected chi connectivity index (χ4v) is 4.77. The van der Waals surface area contributed by atoms with Crippen molar-refractivity contribution < 1.29 is 4.79 Å². The molecule has 0 bridgehead atoms. The number of hydrogen-bond donors (Lipinski definition) is 1. The van der Waals surface area contributed by atoms with Crippen LogP contribution in [0, 0.1) is 0 Å². The number of fused-ring (bicyclic) bond motifs is 1. The van der Waals surface area contributed by atoms with E-state index in [0.717, 1.165) is 51.7 Å². The molecule has 4 rings (SSSR count). The molecule has 1 fully saturated rings. The van der Waals surface area contributed by atoms with Gasteiger partial charge in [0.1, 0.15) is 5.01 Å². The topological polar surface area (TPSA) is 45.2 Å². The summed E-state index contributed by atoms with van der Waals surface area (Å²) in [6, 6.07) is 14.3. The van der Waals surface area contributed by atoms with Gasteiger partial charge in [0.15, 0.2) is 0 Å². The van der Waals surface area contributed by atoms with Gasteiger partial charge in [0.25, 0.3) is 0 Å². The zero-order chi connectivity index (χ0) is 18.1. The summed E-state index contributed by atoms with van der Waals surface area (Å²) >= 11 is 7.88. The quantitative estimate of drug-likeness (QED) is 0.727. The Morgan fingerprint density at radius 3 is 2.85 bits per heavy atom. The van der Waals surface area contributed by atoms with Gasteiger partial charge in [-0.15, -0.1) is 11.3 Å². The summed E-state index contributed by atoms with van der Waals surface area (Å²) in [7, 11) is 1.71. The van der Waals surface area contributed by atoms with Crippen molar-refractivity contribution in [1.82, 2.24) is 15.2 Å². The number of benzene rings is 2. The van der Waals surface area contributed by atoms with Crippen LogP contribution >= 0.6 is 22.9 Å². The molecule has 1 N–H and O–H groups in total. The lowest BCUT2D eigenvalue weighted by Gasteiger charge is -2.23. The van der Waals surface area contributed by atoms with Crippen molar-refractivity contribution in [3.8, 4) is 10.6 Å². The Balaban J connectivity index is 1.53. The smallest absolute Gasteiger partial charge is 0.237 e. The number of nitrogens with zero attached hydrogens (tertiary/aromatic N) is 2. The molecule has 1 aliphatic heterocycles. The zero-order valence-electron chi connectivity index (χ0n) is 14.5. The summed E-state index contributed by atoms with van der Waals surface area (Å²) in [4.78, 5) is 18.9. The van der Waals surface area contributed by atoms with Crippen LogP contribution in [0.4, 0.5) is 0 Å². The molecule has 0 spiro atoms. The molecule has 1 aliphatic rings. The second kappa shape index (κ2) is 7.35. The molecule has 4 nitrogen and oxygen atoms in total. The van der Waals surface area contributed by atoms with Gasteiger partial charge in [0, 0.05) is 19.2 Å². The number of hydrogen-bond acceptors (Lipinski definition) is 4. The summed E-state index contributed by atoms with van der Waals surface area (Å²) < 4.78 is 1.03. The first-order valence-electron chi connectivity index (χ1n) is 8.76. The number of halogens is 1. The average Bonchev–Trinajstić information content (AvgIpc) is 3.29. The largest absolute Gasteiger partial charge is 0.358 e. The van der Waals surface area contributed by atoms with Gasteiger partial charge in [-0.05, 0) is 37.1 Å². The molecular weight excluding hydrogens is 366 g/mol. The minimum atomic E-state index is -0.00826. The molecule has 0 unspecified atom stereocenters. The fourth-order valence-electron chi connectivity index (χ4n) is 3.51. The molecule has 2 aromatic carbocycles. The number of thiazole rings is 1. The molecule has 1 saturated heterocycles. The second-order valence-electron chi connectivity index (χ2n) is 6.55. The molecular formula is C20H20ClN3OS. The number of rotatable bonds is 4. The van der Waals surface area contributed by atoms with Crippen molar-refractivity contribution >= 4 is 39.1 Å². The van der Waals surface area contributed by atoms with Crippen LogP contribution in [-0.2, 0) is 11.3 Å². The lowest BCUT2D eigenvalue weighted by atomic mass is 10.1. The van der Waals surface area contributed by atoms with Gasteiger partial charge in [-0.25, -0.2) is 4.98 Å². The molecule has 1 aromatic heterocycles. The Morgan fingerprint density at radius 1 is 1.31 bits per heavy atom. The number of aromatic nitrogens is 1.